The van der Waals surface area contributed by atoms with Crippen LogP contribution in [0.2, 0.25) is 5.02 Å². The van der Waals surface area contributed by atoms with Crippen LogP contribution in [0.25, 0.3) is 0 Å². The van der Waals surface area contributed by atoms with E-state index in [4.69, 9.17) is 11.6 Å². The highest BCUT2D eigenvalue weighted by molar-refractivity contribution is 6.31. The van der Waals surface area contributed by atoms with E-state index >= 15 is 0 Å². The SMILES string of the molecule is O=C(C1CC1c1ccccc1Cl)N1CCNCC1. The number of hydrogen-bond donors (Lipinski definition) is 1. The van der Waals surface area contributed by atoms with Crippen LogP contribution in [0.1, 0.15) is 17.9 Å². The molecule has 3 nitrogen and oxygen atoms in total. The molecule has 4 heteroatoms. The molecule has 1 saturated heterocycles. The molecule has 1 N–H and O–H groups in total. The van der Waals surface area contributed by atoms with Crippen LogP contribution in [0.3, 0.4) is 0 Å². The van der Waals surface area contributed by atoms with Crippen molar-refractivity contribution in [1.82, 2.24) is 10.2 Å². The zero-order chi connectivity index (χ0) is 12.5. The van der Waals surface area contributed by atoms with E-state index in [1.165, 1.54) is 0 Å². The van der Waals surface area contributed by atoms with Crippen LogP contribution in [0.4, 0.5) is 0 Å². The molecule has 96 valence electrons. The van der Waals surface area contributed by atoms with Gasteiger partial charge in [0, 0.05) is 37.1 Å². The number of amides is 1. The van der Waals surface area contributed by atoms with Crippen molar-refractivity contribution in [2.45, 2.75) is 12.3 Å². The Balaban J connectivity index is 1.67. The highest BCUT2D eigenvalue weighted by Gasteiger charge is 2.46. The maximum absolute atomic E-state index is 12.3. The third-order valence-electron chi connectivity index (χ3n) is 3.84. The minimum atomic E-state index is 0.156. The lowest BCUT2D eigenvalue weighted by atomic mass is 10.1. The standard InChI is InChI=1S/C14H17ClN2O/c15-13-4-2-1-3-10(13)11-9-12(11)14(18)17-7-5-16-6-8-17/h1-4,11-12,16H,5-9H2. The highest BCUT2D eigenvalue weighted by Crippen LogP contribution is 2.50. The predicted molar refractivity (Wildman–Crippen MR) is 71.7 cm³/mol. The summed E-state index contributed by atoms with van der Waals surface area (Å²) in [4.78, 5) is 14.3. The molecule has 0 bridgehead atoms. The van der Waals surface area contributed by atoms with Crippen molar-refractivity contribution in [2.75, 3.05) is 26.2 Å². The molecule has 0 radical (unpaired) electrons. The van der Waals surface area contributed by atoms with E-state index in [0.29, 0.717) is 11.8 Å². The second kappa shape index (κ2) is 4.90. The first kappa shape index (κ1) is 12.0. The van der Waals surface area contributed by atoms with Gasteiger partial charge >= 0.3 is 0 Å². The average Bonchev–Trinajstić information content (AvgIpc) is 3.20. The molecule has 18 heavy (non-hydrogen) atoms. The summed E-state index contributed by atoms with van der Waals surface area (Å²) in [7, 11) is 0. The first-order chi connectivity index (χ1) is 8.77. The quantitative estimate of drug-likeness (QED) is 0.885. The van der Waals surface area contributed by atoms with Crippen LogP contribution in [-0.2, 0) is 4.79 Å². The van der Waals surface area contributed by atoms with Gasteiger partial charge in [-0.25, -0.2) is 0 Å². The number of carbonyl (C=O) groups excluding carboxylic acids is 1. The van der Waals surface area contributed by atoms with Crippen molar-refractivity contribution >= 4 is 17.5 Å². The van der Waals surface area contributed by atoms with Crippen LogP contribution in [0.5, 0.6) is 0 Å². The molecule has 2 aliphatic rings. The van der Waals surface area contributed by atoms with Crippen LogP contribution in [-0.4, -0.2) is 37.0 Å². The number of carbonyl (C=O) groups is 1. The fourth-order valence-electron chi connectivity index (χ4n) is 2.71. The predicted octanol–water partition coefficient (Wildman–Crippen LogP) is 1.88. The second-order valence-electron chi connectivity index (χ2n) is 5.05. The Hall–Kier alpha value is -1.06. The lowest BCUT2D eigenvalue weighted by Crippen LogP contribution is -2.47. The maximum atomic E-state index is 12.3. The van der Waals surface area contributed by atoms with Gasteiger partial charge in [-0.05, 0) is 24.0 Å². The molecular weight excluding hydrogens is 248 g/mol. The second-order valence-corrected chi connectivity index (χ2v) is 5.45. The fourth-order valence-corrected chi connectivity index (χ4v) is 2.98. The van der Waals surface area contributed by atoms with E-state index in [1.54, 1.807) is 0 Å². The van der Waals surface area contributed by atoms with Gasteiger partial charge in [0.15, 0.2) is 0 Å². The first-order valence-electron chi connectivity index (χ1n) is 6.51. The molecular formula is C14H17ClN2O. The minimum absolute atomic E-state index is 0.156. The summed E-state index contributed by atoms with van der Waals surface area (Å²) in [6.07, 6.45) is 0.951. The monoisotopic (exact) mass is 264 g/mol. The number of nitrogens with zero attached hydrogens (tertiary/aromatic N) is 1. The maximum Gasteiger partial charge on any atom is 0.226 e. The molecule has 1 heterocycles. The van der Waals surface area contributed by atoms with Crippen LogP contribution < -0.4 is 5.32 Å². The van der Waals surface area contributed by atoms with Gasteiger partial charge in [0.1, 0.15) is 0 Å². The van der Waals surface area contributed by atoms with Crippen molar-refractivity contribution in [3.8, 4) is 0 Å². The van der Waals surface area contributed by atoms with Gasteiger partial charge in [-0.1, -0.05) is 29.8 Å². The summed E-state index contributed by atoms with van der Waals surface area (Å²) in [6.45, 7) is 3.50. The molecule has 1 aromatic rings. The van der Waals surface area contributed by atoms with Gasteiger partial charge in [0.2, 0.25) is 5.91 Å². The van der Waals surface area contributed by atoms with Crippen molar-refractivity contribution < 1.29 is 4.79 Å². The third kappa shape index (κ3) is 2.25. The van der Waals surface area contributed by atoms with Crippen molar-refractivity contribution in [2.24, 2.45) is 5.92 Å². The van der Waals surface area contributed by atoms with E-state index in [2.05, 4.69) is 5.32 Å². The summed E-state index contributed by atoms with van der Waals surface area (Å²) < 4.78 is 0. The molecule has 1 amide bonds. The topological polar surface area (TPSA) is 32.3 Å². The summed E-state index contributed by atoms with van der Waals surface area (Å²) in [5.74, 6) is 0.797. The Bertz CT molecular complexity index is 457. The fraction of sp³-hybridized carbons (Fsp3) is 0.500. The molecule has 0 aromatic heterocycles. The summed E-state index contributed by atoms with van der Waals surface area (Å²) in [5.41, 5.74) is 1.13. The van der Waals surface area contributed by atoms with E-state index < -0.39 is 0 Å². The number of rotatable bonds is 2. The smallest absolute Gasteiger partial charge is 0.226 e. The average molecular weight is 265 g/mol. The lowest BCUT2D eigenvalue weighted by molar-refractivity contribution is -0.133. The van der Waals surface area contributed by atoms with E-state index in [-0.39, 0.29) is 5.92 Å². The zero-order valence-corrected chi connectivity index (χ0v) is 11.0. The van der Waals surface area contributed by atoms with Gasteiger partial charge in [-0.3, -0.25) is 4.79 Å². The number of nitrogens with one attached hydrogen (secondary N) is 1. The normalized spacial score (nSPS) is 27.1. The Morgan fingerprint density at radius 2 is 2.00 bits per heavy atom. The molecule has 3 rings (SSSR count). The van der Waals surface area contributed by atoms with Gasteiger partial charge < -0.3 is 10.2 Å². The van der Waals surface area contributed by atoms with Gasteiger partial charge in [-0.15, -0.1) is 0 Å². The molecule has 2 unspecified atom stereocenters. The molecule has 1 aromatic carbocycles. The first-order valence-corrected chi connectivity index (χ1v) is 6.89. The Morgan fingerprint density at radius 1 is 1.28 bits per heavy atom. The van der Waals surface area contributed by atoms with Crippen LogP contribution in [0.15, 0.2) is 24.3 Å². The van der Waals surface area contributed by atoms with Gasteiger partial charge in [0.05, 0.1) is 0 Å². The number of halogens is 1. The minimum Gasteiger partial charge on any atom is -0.340 e. The zero-order valence-electron chi connectivity index (χ0n) is 10.2. The van der Waals surface area contributed by atoms with Crippen molar-refractivity contribution in [3.63, 3.8) is 0 Å². The number of piperazine rings is 1. The molecule has 2 atom stereocenters. The van der Waals surface area contributed by atoms with Gasteiger partial charge in [0.25, 0.3) is 0 Å². The van der Waals surface area contributed by atoms with Gasteiger partial charge in [-0.2, -0.15) is 0 Å². The summed E-state index contributed by atoms with van der Waals surface area (Å²) in [6, 6.07) is 7.87. The summed E-state index contributed by atoms with van der Waals surface area (Å²) >= 11 is 6.18. The molecule has 1 aliphatic heterocycles. The number of benzene rings is 1. The van der Waals surface area contributed by atoms with E-state index in [0.717, 1.165) is 43.2 Å². The molecule has 1 aliphatic carbocycles. The van der Waals surface area contributed by atoms with Crippen molar-refractivity contribution in [1.29, 1.82) is 0 Å². The lowest BCUT2D eigenvalue weighted by Gasteiger charge is -2.27. The van der Waals surface area contributed by atoms with E-state index in [1.807, 2.05) is 29.2 Å². The molecule has 2 fully saturated rings. The largest absolute Gasteiger partial charge is 0.340 e. The molecule has 0 spiro atoms. The third-order valence-corrected chi connectivity index (χ3v) is 4.19. The Kier molecular flexibility index (Phi) is 3.27. The van der Waals surface area contributed by atoms with Crippen LogP contribution in [0, 0.1) is 5.92 Å². The summed E-state index contributed by atoms with van der Waals surface area (Å²) in [5, 5.41) is 4.06. The molecule has 1 saturated carbocycles. The van der Waals surface area contributed by atoms with E-state index in [9.17, 15) is 4.79 Å². The highest BCUT2D eigenvalue weighted by atomic mass is 35.5. The van der Waals surface area contributed by atoms with Crippen molar-refractivity contribution in [3.05, 3.63) is 34.9 Å². The van der Waals surface area contributed by atoms with Crippen LogP contribution >= 0.6 is 11.6 Å². The Morgan fingerprint density at radius 3 is 2.72 bits per heavy atom. The Labute approximate surface area is 112 Å². The number of hydrogen-bond acceptors (Lipinski definition) is 2.